The van der Waals surface area contributed by atoms with Crippen molar-refractivity contribution in [2.75, 3.05) is 39.2 Å². The van der Waals surface area contributed by atoms with Gasteiger partial charge >= 0.3 is 6.18 Å². The van der Waals surface area contributed by atoms with E-state index < -0.39 is 24.4 Å². The van der Waals surface area contributed by atoms with Crippen LogP contribution < -0.4 is 10.1 Å². The van der Waals surface area contributed by atoms with Crippen molar-refractivity contribution in [3.8, 4) is 5.75 Å². The first kappa shape index (κ1) is 29.7. The molecule has 3 atom stereocenters. The van der Waals surface area contributed by atoms with E-state index in [9.17, 15) is 27.6 Å². The molecular weight excluding hydrogens is 503 g/mol. The van der Waals surface area contributed by atoms with Gasteiger partial charge in [-0.1, -0.05) is 26.2 Å². The Morgan fingerprint density at radius 1 is 1.13 bits per heavy atom. The summed E-state index contributed by atoms with van der Waals surface area (Å²) in [5.74, 6) is -1.44. The lowest BCUT2D eigenvalue weighted by Gasteiger charge is -2.38. The van der Waals surface area contributed by atoms with Gasteiger partial charge in [0.25, 0.3) is 5.91 Å². The van der Waals surface area contributed by atoms with E-state index in [4.69, 9.17) is 9.47 Å². The van der Waals surface area contributed by atoms with Crippen LogP contribution in [0.4, 0.5) is 18.9 Å². The number of fused-ring (bicyclic) bond motifs is 1. The van der Waals surface area contributed by atoms with E-state index in [-0.39, 0.29) is 60.0 Å². The number of ether oxygens (including phenoxy) is 2. The molecule has 0 aromatic heterocycles. The van der Waals surface area contributed by atoms with Gasteiger partial charge in [-0.05, 0) is 38.0 Å². The van der Waals surface area contributed by atoms with Crippen LogP contribution in [0.2, 0.25) is 0 Å². The average molecular weight is 542 g/mol. The summed E-state index contributed by atoms with van der Waals surface area (Å²) in [6, 6.07) is 3.86. The Morgan fingerprint density at radius 2 is 1.82 bits per heavy atom. The lowest BCUT2D eigenvalue weighted by molar-refractivity contribution is -0.150. The summed E-state index contributed by atoms with van der Waals surface area (Å²) >= 11 is 0. The maximum Gasteiger partial charge on any atom is 0.397 e. The molecule has 1 aromatic carbocycles. The highest BCUT2D eigenvalue weighted by Gasteiger charge is 2.34. The van der Waals surface area contributed by atoms with Gasteiger partial charge in [-0.2, -0.15) is 13.2 Å². The molecule has 1 aromatic rings. The smallest absolute Gasteiger partial charge is 0.397 e. The molecule has 0 radical (unpaired) electrons. The fourth-order valence-electron chi connectivity index (χ4n) is 5.13. The molecule has 0 bridgehead atoms. The van der Waals surface area contributed by atoms with Crippen molar-refractivity contribution >= 4 is 23.4 Å². The molecule has 0 saturated heterocycles. The van der Waals surface area contributed by atoms with Crippen molar-refractivity contribution in [2.45, 2.75) is 70.7 Å². The van der Waals surface area contributed by atoms with Crippen molar-refractivity contribution in [1.82, 2.24) is 9.80 Å². The Labute approximate surface area is 221 Å². The lowest BCUT2D eigenvalue weighted by Crippen LogP contribution is -2.50. The third-order valence-electron chi connectivity index (χ3n) is 7.33. The standard InChI is InChI=1S/C27H38F3N3O5/c1-17-14-33(25(35)19-8-6-5-7-9-19)18(2)16-38-22-11-10-20(31-24(34)13-27(28,29)30)12-21(22)26(36)32(3)15-23(17)37-4/h10-12,17-19,23H,5-9,13-16H2,1-4H3,(H,31,34)/t17-,18-,23-/m0/s1. The van der Waals surface area contributed by atoms with Crippen molar-refractivity contribution in [2.24, 2.45) is 11.8 Å². The molecule has 1 N–H and O–H groups in total. The summed E-state index contributed by atoms with van der Waals surface area (Å²) in [5.41, 5.74) is 0.145. The number of nitrogens with zero attached hydrogens (tertiary/aromatic N) is 2. The summed E-state index contributed by atoms with van der Waals surface area (Å²) in [6.45, 7) is 4.68. The van der Waals surface area contributed by atoms with E-state index in [1.807, 2.05) is 18.7 Å². The van der Waals surface area contributed by atoms with Gasteiger partial charge in [0.15, 0.2) is 0 Å². The van der Waals surface area contributed by atoms with E-state index in [2.05, 4.69) is 5.32 Å². The Bertz CT molecular complexity index is 997. The number of alkyl halides is 3. The number of halogens is 3. The first-order chi connectivity index (χ1) is 17.9. The Kier molecular flexibility index (Phi) is 10.0. The quantitative estimate of drug-likeness (QED) is 0.607. The van der Waals surface area contributed by atoms with Gasteiger partial charge in [-0.25, -0.2) is 0 Å². The summed E-state index contributed by atoms with van der Waals surface area (Å²) in [4.78, 5) is 42.1. The topological polar surface area (TPSA) is 88.2 Å². The van der Waals surface area contributed by atoms with E-state index in [0.717, 1.165) is 32.1 Å². The van der Waals surface area contributed by atoms with Crippen LogP contribution in [0.1, 0.15) is 62.7 Å². The van der Waals surface area contributed by atoms with E-state index >= 15 is 0 Å². The molecule has 0 unspecified atom stereocenters. The largest absolute Gasteiger partial charge is 0.491 e. The number of anilines is 1. The van der Waals surface area contributed by atoms with Crippen LogP contribution >= 0.6 is 0 Å². The first-order valence-electron chi connectivity index (χ1n) is 13.1. The lowest BCUT2D eigenvalue weighted by atomic mass is 9.87. The summed E-state index contributed by atoms with van der Waals surface area (Å²) in [5, 5.41) is 2.20. The maximum atomic E-state index is 13.6. The second-order valence-corrected chi connectivity index (χ2v) is 10.5. The summed E-state index contributed by atoms with van der Waals surface area (Å²) < 4.78 is 49.6. The molecule has 2 aliphatic rings. The van der Waals surface area contributed by atoms with E-state index in [1.165, 1.54) is 23.1 Å². The molecular formula is C27H38F3N3O5. The zero-order chi connectivity index (χ0) is 28.0. The number of nitrogens with one attached hydrogen (secondary N) is 1. The highest BCUT2D eigenvalue weighted by atomic mass is 19.4. The molecule has 8 nitrogen and oxygen atoms in total. The third-order valence-corrected chi connectivity index (χ3v) is 7.33. The van der Waals surface area contributed by atoms with Gasteiger partial charge < -0.3 is 24.6 Å². The molecule has 3 rings (SSSR count). The highest BCUT2D eigenvalue weighted by molar-refractivity contribution is 5.99. The second-order valence-electron chi connectivity index (χ2n) is 10.5. The van der Waals surface area contributed by atoms with Gasteiger partial charge in [-0.15, -0.1) is 0 Å². The monoisotopic (exact) mass is 541 g/mol. The zero-order valence-electron chi connectivity index (χ0n) is 22.5. The number of carbonyl (C=O) groups excluding carboxylic acids is 3. The SMILES string of the molecule is CO[C@H]1CN(C)C(=O)c2cc(NC(=O)CC(F)(F)F)ccc2OC[C@H](C)N(C(=O)C2CCCCC2)C[C@@H]1C. The number of methoxy groups -OCH3 is 1. The fraction of sp³-hybridized carbons (Fsp3) is 0.667. The van der Waals surface area contributed by atoms with Gasteiger partial charge in [-0.3, -0.25) is 14.4 Å². The normalized spacial score (nSPS) is 24.1. The van der Waals surface area contributed by atoms with Gasteiger partial charge in [0, 0.05) is 44.8 Å². The molecule has 1 saturated carbocycles. The highest BCUT2D eigenvalue weighted by Crippen LogP contribution is 2.30. The van der Waals surface area contributed by atoms with Crippen molar-refractivity contribution in [1.29, 1.82) is 0 Å². The fourth-order valence-corrected chi connectivity index (χ4v) is 5.13. The van der Waals surface area contributed by atoms with Crippen molar-refractivity contribution in [3.05, 3.63) is 23.8 Å². The molecule has 0 spiro atoms. The van der Waals surface area contributed by atoms with Crippen LogP contribution in [0, 0.1) is 11.8 Å². The van der Waals surface area contributed by atoms with Crippen LogP contribution in [0.5, 0.6) is 5.75 Å². The molecule has 1 heterocycles. The van der Waals surface area contributed by atoms with Gasteiger partial charge in [0.1, 0.15) is 18.8 Å². The number of amides is 3. The molecule has 1 aliphatic carbocycles. The summed E-state index contributed by atoms with van der Waals surface area (Å²) in [6.07, 6.45) is -1.70. The molecule has 3 amide bonds. The van der Waals surface area contributed by atoms with Crippen LogP contribution in [-0.4, -0.2) is 79.7 Å². The van der Waals surface area contributed by atoms with Gasteiger partial charge in [0.2, 0.25) is 11.8 Å². The van der Waals surface area contributed by atoms with E-state index in [1.54, 1.807) is 14.2 Å². The maximum absolute atomic E-state index is 13.6. The Balaban J connectivity index is 1.91. The van der Waals surface area contributed by atoms with Crippen LogP contribution in [-0.2, 0) is 14.3 Å². The van der Waals surface area contributed by atoms with Crippen LogP contribution in [0.25, 0.3) is 0 Å². The minimum Gasteiger partial charge on any atom is -0.491 e. The predicted molar refractivity (Wildman–Crippen MR) is 136 cm³/mol. The molecule has 38 heavy (non-hydrogen) atoms. The number of carbonyl (C=O) groups is 3. The molecule has 1 fully saturated rings. The minimum absolute atomic E-state index is 0.0216. The van der Waals surface area contributed by atoms with Crippen LogP contribution in [0.3, 0.4) is 0 Å². The second kappa shape index (κ2) is 12.8. The number of hydrogen-bond acceptors (Lipinski definition) is 5. The number of rotatable bonds is 4. The minimum atomic E-state index is -4.65. The van der Waals surface area contributed by atoms with Crippen molar-refractivity contribution < 1.29 is 37.0 Å². The number of benzene rings is 1. The Morgan fingerprint density at radius 3 is 2.45 bits per heavy atom. The average Bonchev–Trinajstić information content (AvgIpc) is 2.87. The van der Waals surface area contributed by atoms with Crippen molar-refractivity contribution in [3.63, 3.8) is 0 Å². The molecule has 212 valence electrons. The van der Waals surface area contributed by atoms with E-state index in [0.29, 0.717) is 6.54 Å². The predicted octanol–water partition coefficient (Wildman–Crippen LogP) is 4.49. The van der Waals surface area contributed by atoms with Crippen LogP contribution in [0.15, 0.2) is 18.2 Å². The number of hydrogen-bond donors (Lipinski definition) is 1. The Hall–Kier alpha value is -2.82. The first-order valence-corrected chi connectivity index (χ1v) is 13.1. The molecule has 1 aliphatic heterocycles. The zero-order valence-corrected chi connectivity index (χ0v) is 22.5. The number of likely N-dealkylation sites (N-methyl/N-ethyl adjacent to an activating group) is 1. The third kappa shape index (κ3) is 7.85. The van der Waals surface area contributed by atoms with Gasteiger partial charge in [0.05, 0.1) is 17.7 Å². The molecule has 11 heteroatoms. The summed E-state index contributed by atoms with van der Waals surface area (Å²) in [7, 11) is 3.16.